The van der Waals surface area contributed by atoms with Gasteiger partial charge in [0.2, 0.25) is 0 Å². The largest absolute Gasteiger partial charge is 0.456 e. The molecule has 0 aliphatic heterocycles. The van der Waals surface area contributed by atoms with Gasteiger partial charge in [0.05, 0.1) is 18.1 Å². The molecule has 82 valence electrons. The van der Waals surface area contributed by atoms with Crippen LogP contribution in [0.1, 0.15) is 0 Å². The summed E-state index contributed by atoms with van der Waals surface area (Å²) in [6.07, 6.45) is 3.29. The van der Waals surface area contributed by atoms with Crippen molar-refractivity contribution < 1.29 is 9.13 Å². The third-order valence-corrected chi connectivity index (χ3v) is 2.05. The highest BCUT2D eigenvalue weighted by molar-refractivity contribution is 5.45. The first-order valence-corrected chi connectivity index (χ1v) is 4.84. The Kier molecular flexibility index (Phi) is 3.00. The molecule has 0 atom stereocenters. The second-order valence-corrected chi connectivity index (χ2v) is 3.22. The number of nitrogens with one attached hydrogen (secondary N) is 1. The molecule has 0 aliphatic carbocycles. The highest BCUT2D eigenvalue weighted by Gasteiger charge is 1.99. The van der Waals surface area contributed by atoms with Gasteiger partial charge in [-0.25, -0.2) is 4.39 Å². The van der Waals surface area contributed by atoms with Gasteiger partial charge in [0.25, 0.3) is 0 Å². The van der Waals surface area contributed by atoms with Gasteiger partial charge in [0.1, 0.15) is 17.3 Å². The zero-order chi connectivity index (χ0) is 11.4. The fourth-order valence-corrected chi connectivity index (χ4v) is 1.25. The summed E-state index contributed by atoms with van der Waals surface area (Å²) < 4.78 is 18.2. The summed E-state index contributed by atoms with van der Waals surface area (Å²) in [5, 5.41) is 2.96. The Hall–Kier alpha value is -2.10. The first-order valence-electron chi connectivity index (χ1n) is 4.84. The van der Waals surface area contributed by atoms with Gasteiger partial charge in [-0.3, -0.25) is 4.98 Å². The van der Waals surface area contributed by atoms with E-state index in [1.165, 1.54) is 12.1 Å². The molecule has 0 amide bonds. The summed E-state index contributed by atoms with van der Waals surface area (Å²) in [6.45, 7) is 0. The van der Waals surface area contributed by atoms with Gasteiger partial charge in [-0.15, -0.1) is 0 Å². The van der Waals surface area contributed by atoms with Crippen molar-refractivity contribution >= 4 is 5.69 Å². The quantitative estimate of drug-likeness (QED) is 0.859. The van der Waals surface area contributed by atoms with Crippen LogP contribution in [0.5, 0.6) is 11.5 Å². The number of nitrogens with zero attached hydrogens (tertiary/aromatic N) is 1. The van der Waals surface area contributed by atoms with Gasteiger partial charge in [-0.05, 0) is 24.3 Å². The fraction of sp³-hybridized carbons (Fsp3) is 0.0833. The second-order valence-electron chi connectivity index (χ2n) is 3.22. The van der Waals surface area contributed by atoms with Gasteiger partial charge in [-0.1, -0.05) is 0 Å². The Labute approximate surface area is 92.9 Å². The van der Waals surface area contributed by atoms with E-state index in [2.05, 4.69) is 10.3 Å². The van der Waals surface area contributed by atoms with E-state index >= 15 is 0 Å². The van der Waals surface area contributed by atoms with Gasteiger partial charge < -0.3 is 10.1 Å². The highest BCUT2D eigenvalue weighted by atomic mass is 19.1. The molecule has 0 unspecified atom stereocenters. The van der Waals surface area contributed by atoms with Crippen LogP contribution in [-0.4, -0.2) is 12.0 Å². The van der Waals surface area contributed by atoms with E-state index in [-0.39, 0.29) is 5.82 Å². The summed E-state index contributed by atoms with van der Waals surface area (Å²) in [5.41, 5.74) is 0.861. The Bertz CT molecular complexity index is 471. The van der Waals surface area contributed by atoms with Gasteiger partial charge in [0, 0.05) is 13.1 Å². The van der Waals surface area contributed by atoms with Crippen LogP contribution < -0.4 is 10.1 Å². The molecule has 2 rings (SSSR count). The van der Waals surface area contributed by atoms with Gasteiger partial charge in [-0.2, -0.15) is 0 Å². The molecule has 1 heterocycles. The number of anilines is 1. The predicted octanol–water partition coefficient (Wildman–Crippen LogP) is 3.05. The van der Waals surface area contributed by atoms with Gasteiger partial charge >= 0.3 is 0 Å². The van der Waals surface area contributed by atoms with E-state index in [4.69, 9.17) is 4.74 Å². The van der Waals surface area contributed by atoms with Crippen molar-refractivity contribution in [1.29, 1.82) is 0 Å². The summed E-state index contributed by atoms with van der Waals surface area (Å²) in [4.78, 5) is 4.01. The molecule has 0 aliphatic rings. The molecule has 3 nitrogen and oxygen atoms in total. The number of ether oxygens (including phenoxy) is 1. The maximum atomic E-state index is 12.7. The lowest BCUT2D eigenvalue weighted by Gasteiger charge is -2.06. The van der Waals surface area contributed by atoms with Crippen LogP contribution in [0.4, 0.5) is 10.1 Å². The summed E-state index contributed by atoms with van der Waals surface area (Å²) >= 11 is 0. The smallest absolute Gasteiger partial charge is 0.147 e. The highest BCUT2D eigenvalue weighted by Crippen LogP contribution is 2.22. The zero-order valence-electron chi connectivity index (χ0n) is 8.77. The average Bonchev–Trinajstić information content (AvgIpc) is 2.32. The Morgan fingerprint density at radius 1 is 1.12 bits per heavy atom. The molecule has 1 aromatic heterocycles. The number of rotatable bonds is 3. The minimum atomic E-state index is -0.283. The van der Waals surface area contributed by atoms with E-state index < -0.39 is 0 Å². The van der Waals surface area contributed by atoms with E-state index in [0.717, 1.165) is 5.69 Å². The molecule has 1 N–H and O–H groups in total. The number of hydrogen-bond donors (Lipinski definition) is 1. The van der Waals surface area contributed by atoms with E-state index in [0.29, 0.717) is 11.5 Å². The van der Waals surface area contributed by atoms with Crippen LogP contribution in [0.25, 0.3) is 0 Å². The third-order valence-electron chi connectivity index (χ3n) is 2.05. The lowest BCUT2D eigenvalue weighted by atomic mass is 10.3. The average molecular weight is 218 g/mol. The molecule has 0 fully saturated rings. The monoisotopic (exact) mass is 218 g/mol. The van der Waals surface area contributed by atoms with Crippen LogP contribution in [0.15, 0.2) is 42.7 Å². The number of hydrogen-bond acceptors (Lipinski definition) is 3. The minimum Gasteiger partial charge on any atom is -0.456 e. The Balaban J connectivity index is 2.16. The van der Waals surface area contributed by atoms with E-state index in [9.17, 15) is 4.39 Å². The minimum absolute atomic E-state index is 0.283. The zero-order valence-corrected chi connectivity index (χ0v) is 8.77. The molecule has 2 aromatic rings. The number of aromatic nitrogens is 1. The molecule has 0 radical (unpaired) electrons. The molecule has 4 heteroatoms. The van der Waals surface area contributed by atoms with Crippen molar-refractivity contribution in [2.75, 3.05) is 12.4 Å². The fourth-order valence-electron chi connectivity index (χ4n) is 1.25. The topological polar surface area (TPSA) is 34.2 Å². The summed E-state index contributed by atoms with van der Waals surface area (Å²) in [5.74, 6) is 0.907. The molecule has 0 saturated heterocycles. The Morgan fingerprint density at radius 2 is 1.88 bits per heavy atom. The number of benzene rings is 1. The van der Waals surface area contributed by atoms with Crippen molar-refractivity contribution in [2.24, 2.45) is 0 Å². The molecular formula is C12H11FN2O. The normalized spacial score (nSPS) is 9.88. The second kappa shape index (κ2) is 4.61. The van der Waals surface area contributed by atoms with Gasteiger partial charge in [0.15, 0.2) is 0 Å². The number of pyridine rings is 1. The maximum Gasteiger partial charge on any atom is 0.147 e. The standard InChI is InChI=1S/C12H11FN2O/c1-14-10-6-12(8-15-7-10)16-11-4-2-9(13)3-5-11/h2-8,14H,1H3. The van der Waals surface area contributed by atoms with E-state index in [1.807, 2.05) is 6.07 Å². The third kappa shape index (κ3) is 2.48. The first kappa shape index (κ1) is 10.4. The van der Waals surface area contributed by atoms with E-state index in [1.54, 1.807) is 31.6 Å². The Morgan fingerprint density at radius 3 is 2.56 bits per heavy atom. The lowest BCUT2D eigenvalue weighted by molar-refractivity contribution is 0.478. The summed E-state index contributed by atoms with van der Waals surface area (Å²) in [7, 11) is 1.80. The van der Waals surface area contributed by atoms with Crippen LogP contribution in [0.2, 0.25) is 0 Å². The van der Waals surface area contributed by atoms with Crippen molar-refractivity contribution in [3.8, 4) is 11.5 Å². The predicted molar refractivity (Wildman–Crippen MR) is 60.3 cm³/mol. The van der Waals surface area contributed by atoms with Crippen LogP contribution in [0, 0.1) is 5.82 Å². The first-order chi connectivity index (χ1) is 7.78. The lowest BCUT2D eigenvalue weighted by Crippen LogP contribution is -1.91. The van der Waals surface area contributed by atoms with Crippen LogP contribution in [-0.2, 0) is 0 Å². The molecule has 0 spiro atoms. The van der Waals surface area contributed by atoms with Crippen LogP contribution in [0.3, 0.4) is 0 Å². The molecule has 0 saturated carbocycles. The van der Waals surface area contributed by atoms with Crippen molar-refractivity contribution in [1.82, 2.24) is 4.98 Å². The number of halogens is 1. The molecule has 1 aromatic carbocycles. The maximum absolute atomic E-state index is 12.7. The SMILES string of the molecule is CNc1cncc(Oc2ccc(F)cc2)c1. The van der Waals surface area contributed by atoms with Crippen molar-refractivity contribution in [3.63, 3.8) is 0 Å². The van der Waals surface area contributed by atoms with Crippen LogP contribution >= 0.6 is 0 Å². The summed E-state index contributed by atoms with van der Waals surface area (Å²) in [6, 6.07) is 7.66. The van der Waals surface area contributed by atoms with Crippen molar-refractivity contribution in [2.45, 2.75) is 0 Å². The molecular weight excluding hydrogens is 207 g/mol. The van der Waals surface area contributed by atoms with Crippen molar-refractivity contribution in [3.05, 3.63) is 48.5 Å². The molecule has 0 bridgehead atoms. The molecule has 16 heavy (non-hydrogen) atoms.